The molecule has 0 saturated carbocycles. The van der Waals surface area contributed by atoms with E-state index in [1.165, 1.54) is 0 Å². The van der Waals surface area contributed by atoms with Crippen LogP contribution in [0.15, 0.2) is 60.1 Å². The minimum atomic E-state index is -0.296. The summed E-state index contributed by atoms with van der Waals surface area (Å²) in [5, 5.41) is 4.81. The van der Waals surface area contributed by atoms with Gasteiger partial charge in [0.25, 0.3) is 5.91 Å². The number of carbonyl (C=O) groups excluding carboxylic acids is 2. The molecule has 4 rings (SSSR count). The van der Waals surface area contributed by atoms with Crippen molar-refractivity contribution in [2.24, 2.45) is 0 Å². The highest BCUT2D eigenvalue weighted by Crippen LogP contribution is 2.35. The van der Waals surface area contributed by atoms with Crippen LogP contribution in [0.4, 0.5) is 5.82 Å². The first kappa shape index (κ1) is 17.4. The number of thiophene rings is 1. The van der Waals surface area contributed by atoms with E-state index in [4.69, 9.17) is 0 Å². The number of pyridine rings is 1. The summed E-state index contributed by atoms with van der Waals surface area (Å²) in [4.78, 5) is 32.6. The number of anilines is 1. The van der Waals surface area contributed by atoms with Crippen molar-refractivity contribution in [2.45, 2.75) is 25.9 Å². The van der Waals surface area contributed by atoms with E-state index in [-0.39, 0.29) is 24.3 Å². The Balaban J connectivity index is 1.55. The van der Waals surface area contributed by atoms with Crippen molar-refractivity contribution in [3.8, 4) is 0 Å². The highest BCUT2D eigenvalue weighted by molar-refractivity contribution is 7.10. The Kier molecular flexibility index (Phi) is 4.73. The van der Waals surface area contributed by atoms with Gasteiger partial charge >= 0.3 is 0 Å². The lowest BCUT2D eigenvalue weighted by atomic mass is 10.1. The number of carbonyl (C=O) groups is 2. The Morgan fingerprint density at radius 2 is 2.07 bits per heavy atom. The van der Waals surface area contributed by atoms with E-state index < -0.39 is 0 Å². The van der Waals surface area contributed by atoms with Crippen LogP contribution in [0.2, 0.25) is 0 Å². The van der Waals surface area contributed by atoms with Gasteiger partial charge in [0.05, 0.1) is 12.5 Å². The fourth-order valence-electron chi connectivity index (χ4n) is 3.29. The third-order valence-corrected chi connectivity index (χ3v) is 5.63. The quantitative estimate of drug-likeness (QED) is 0.726. The van der Waals surface area contributed by atoms with Gasteiger partial charge in [-0.3, -0.25) is 9.59 Å². The van der Waals surface area contributed by atoms with Crippen molar-refractivity contribution in [2.75, 3.05) is 5.32 Å². The zero-order chi connectivity index (χ0) is 18.8. The third kappa shape index (κ3) is 3.61. The molecule has 0 saturated heterocycles. The predicted molar refractivity (Wildman–Crippen MR) is 106 cm³/mol. The fourth-order valence-corrected chi connectivity index (χ4v) is 4.12. The molecule has 0 radical (unpaired) electrons. The first-order valence-electron chi connectivity index (χ1n) is 8.76. The first-order chi connectivity index (χ1) is 13.1. The molecule has 6 heteroatoms. The Hall–Kier alpha value is -2.99. The van der Waals surface area contributed by atoms with E-state index in [9.17, 15) is 9.59 Å². The largest absolute Gasteiger partial charge is 0.326 e. The molecule has 5 nitrogen and oxygen atoms in total. The number of aryl methyl sites for hydroxylation is 1. The molecule has 1 aliphatic heterocycles. The number of fused-ring (bicyclic) bond motifs is 1. The van der Waals surface area contributed by atoms with Crippen LogP contribution < -0.4 is 5.32 Å². The standard InChI is InChI=1S/C21H19N3O2S/c1-14-8-9-19(22-12-14)23-20(25)11-17(18-7-4-10-27-18)24-13-15-5-2-3-6-16(15)21(24)26/h2-10,12,17H,11,13H2,1H3,(H,22,23,25). The van der Waals surface area contributed by atoms with E-state index in [2.05, 4.69) is 10.3 Å². The van der Waals surface area contributed by atoms with E-state index in [0.29, 0.717) is 12.4 Å². The van der Waals surface area contributed by atoms with Crippen LogP contribution in [0.3, 0.4) is 0 Å². The van der Waals surface area contributed by atoms with Gasteiger partial charge in [-0.15, -0.1) is 11.3 Å². The van der Waals surface area contributed by atoms with Crippen LogP contribution in [0.25, 0.3) is 0 Å². The smallest absolute Gasteiger partial charge is 0.255 e. The molecule has 1 unspecified atom stereocenters. The molecule has 1 N–H and O–H groups in total. The lowest BCUT2D eigenvalue weighted by molar-refractivity contribution is -0.117. The number of hydrogen-bond donors (Lipinski definition) is 1. The van der Waals surface area contributed by atoms with Crippen molar-refractivity contribution in [3.63, 3.8) is 0 Å². The Morgan fingerprint density at radius 3 is 2.78 bits per heavy atom. The topological polar surface area (TPSA) is 62.3 Å². The molecule has 0 aliphatic carbocycles. The second kappa shape index (κ2) is 7.32. The lowest BCUT2D eigenvalue weighted by Gasteiger charge is -2.26. The van der Waals surface area contributed by atoms with Crippen LogP contribution >= 0.6 is 11.3 Å². The fraction of sp³-hybridized carbons (Fsp3) is 0.190. The average molecular weight is 377 g/mol. The van der Waals surface area contributed by atoms with Crippen molar-refractivity contribution in [1.29, 1.82) is 0 Å². The maximum Gasteiger partial charge on any atom is 0.255 e. The molecule has 0 fully saturated rings. The van der Waals surface area contributed by atoms with Crippen molar-refractivity contribution >= 4 is 29.0 Å². The van der Waals surface area contributed by atoms with Crippen LogP contribution in [0, 0.1) is 6.92 Å². The Bertz CT molecular complexity index is 967. The summed E-state index contributed by atoms with van der Waals surface area (Å²) in [6.45, 7) is 2.47. The van der Waals surface area contributed by atoms with E-state index in [0.717, 1.165) is 21.6 Å². The zero-order valence-corrected chi connectivity index (χ0v) is 15.7. The SMILES string of the molecule is Cc1ccc(NC(=O)CC(c2cccs2)N2Cc3ccccc3C2=O)nc1. The predicted octanol–water partition coefficient (Wildman–Crippen LogP) is 4.18. The van der Waals surface area contributed by atoms with E-state index in [1.807, 2.05) is 54.8 Å². The van der Waals surface area contributed by atoms with Gasteiger partial charge in [0.1, 0.15) is 5.82 Å². The van der Waals surface area contributed by atoms with Crippen molar-refractivity contribution in [1.82, 2.24) is 9.88 Å². The van der Waals surface area contributed by atoms with Gasteiger partial charge in [-0.25, -0.2) is 4.98 Å². The van der Waals surface area contributed by atoms with Gasteiger partial charge in [0.15, 0.2) is 0 Å². The van der Waals surface area contributed by atoms with Crippen LogP contribution in [0.1, 0.15) is 38.8 Å². The molecule has 3 aromatic rings. The number of nitrogens with one attached hydrogen (secondary N) is 1. The maximum atomic E-state index is 12.9. The van der Waals surface area contributed by atoms with E-state index in [1.54, 1.807) is 28.5 Å². The summed E-state index contributed by atoms with van der Waals surface area (Å²) in [7, 11) is 0. The number of benzene rings is 1. The summed E-state index contributed by atoms with van der Waals surface area (Å²) < 4.78 is 0. The molecule has 1 aromatic carbocycles. The lowest BCUT2D eigenvalue weighted by Crippen LogP contribution is -2.31. The molecule has 2 amide bonds. The van der Waals surface area contributed by atoms with Gasteiger partial charge in [-0.2, -0.15) is 0 Å². The zero-order valence-electron chi connectivity index (χ0n) is 14.9. The molecule has 0 bridgehead atoms. The molecule has 2 aromatic heterocycles. The normalized spacial score (nSPS) is 14.1. The molecule has 1 atom stereocenters. The Labute approximate surface area is 161 Å². The van der Waals surface area contributed by atoms with Gasteiger partial charge in [0.2, 0.25) is 5.91 Å². The highest BCUT2D eigenvalue weighted by Gasteiger charge is 2.34. The second-order valence-corrected chi connectivity index (χ2v) is 7.57. The average Bonchev–Trinajstić information content (AvgIpc) is 3.31. The number of amides is 2. The van der Waals surface area contributed by atoms with Gasteiger partial charge in [-0.05, 0) is 41.6 Å². The van der Waals surface area contributed by atoms with E-state index >= 15 is 0 Å². The monoisotopic (exact) mass is 377 g/mol. The third-order valence-electron chi connectivity index (χ3n) is 4.65. The van der Waals surface area contributed by atoms with Crippen molar-refractivity contribution < 1.29 is 9.59 Å². The summed E-state index contributed by atoms with van der Waals surface area (Å²) in [6, 6.07) is 14.9. The summed E-state index contributed by atoms with van der Waals surface area (Å²) in [6.07, 6.45) is 1.91. The molecule has 0 spiro atoms. The molecule has 1 aliphatic rings. The minimum absolute atomic E-state index is 0.0229. The molecule has 136 valence electrons. The molecule has 27 heavy (non-hydrogen) atoms. The number of nitrogens with zero attached hydrogens (tertiary/aromatic N) is 2. The van der Waals surface area contributed by atoms with Gasteiger partial charge < -0.3 is 10.2 Å². The van der Waals surface area contributed by atoms with Crippen LogP contribution in [-0.2, 0) is 11.3 Å². The minimum Gasteiger partial charge on any atom is -0.326 e. The number of rotatable bonds is 5. The summed E-state index contributed by atoms with van der Waals surface area (Å²) >= 11 is 1.56. The van der Waals surface area contributed by atoms with Crippen LogP contribution in [0.5, 0.6) is 0 Å². The Morgan fingerprint density at radius 1 is 1.22 bits per heavy atom. The molecular weight excluding hydrogens is 358 g/mol. The van der Waals surface area contributed by atoms with Crippen molar-refractivity contribution in [3.05, 3.63) is 81.7 Å². The first-order valence-corrected chi connectivity index (χ1v) is 9.64. The number of hydrogen-bond acceptors (Lipinski definition) is 4. The van der Waals surface area contributed by atoms with Crippen LogP contribution in [-0.4, -0.2) is 21.7 Å². The van der Waals surface area contributed by atoms with Gasteiger partial charge in [-0.1, -0.05) is 30.3 Å². The summed E-state index contributed by atoms with van der Waals surface area (Å²) in [5.74, 6) is 0.338. The molecular formula is C21H19N3O2S. The molecule has 3 heterocycles. The van der Waals surface area contributed by atoms with Gasteiger partial charge in [0, 0.05) is 23.2 Å². The maximum absolute atomic E-state index is 12.9. The number of aromatic nitrogens is 1. The highest BCUT2D eigenvalue weighted by atomic mass is 32.1. The summed E-state index contributed by atoms with van der Waals surface area (Å²) in [5.41, 5.74) is 2.76. The second-order valence-electron chi connectivity index (χ2n) is 6.59.